The van der Waals surface area contributed by atoms with E-state index in [4.69, 9.17) is 4.74 Å². The molecule has 4 bridgehead atoms. The fourth-order valence-corrected chi connectivity index (χ4v) is 4.01. The standard InChI is InChI=1S/C21H17F3N4O3S/c22-21(23,24)15-10-11-18-27-20(15)14-6-1-2-7-16(14)31-13-4-3-12-25-17-8-5-9-19(26-17)32(29,30)28-18/h1-11H,12-13H2,(H,25,26)(H,27,28)/b4-3+. The molecular weight excluding hydrogens is 445 g/mol. The number of para-hydroxylation sites is 1. The first-order valence-corrected chi connectivity index (χ1v) is 10.9. The summed E-state index contributed by atoms with van der Waals surface area (Å²) in [5.41, 5.74) is -1.38. The highest BCUT2D eigenvalue weighted by Gasteiger charge is 2.35. The van der Waals surface area contributed by atoms with Gasteiger partial charge in [0, 0.05) is 12.1 Å². The molecule has 3 aromatic rings. The predicted molar refractivity (Wildman–Crippen MR) is 113 cm³/mol. The number of nitrogens with one attached hydrogen (secondary N) is 2. The molecule has 1 aromatic carbocycles. The van der Waals surface area contributed by atoms with Crippen LogP contribution in [-0.2, 0) is 16.2 Å². The maximum Gasteiger partial charge on any atom is 0.418 e. The molecule has 11 heteroatoms. The predicted octanol–water partition coefficient (Wildman–Crippen LogP) is 4.32. The van der Waals surface area contributed by atoms with E-state index in [1.807, 2.05) is 0 Å². The van der Waals surface area contributed by atoms with Gasteiger partial charge in [-0.05, 0) is 42.5 Å². The summed E-state index contributed by atoms with van der Waals surface area (Å²) in [6.07, 6.45) is -1.29. The van der Waals surface area contributed by atoms with E-state index in [9.17, 15) is 21.6 Å². The van der Waals surface area contributed by atoms with Gasteiger partial charge in [-0.3, -0.25) is 4.72 Å². The first-order valence-electron chi connectivity index (χ1n) is 9.43. The molecule has 1 aliphatic heterocycles. The molecule has 1 aliphatic rings. The van der Waals surface area contributed by atoms with Crippen molar-refractivity contribution in [1.29, 1.82) is 0 Å². The number of sulfonamides is 1. The zero-order valence-corrected chi connectivity index (χ0v) is 17.2. The van der Waals surface area contributed by atoms with E-state index < -0.39 is 27.5 Å². The highest BCUT2D eigenvalue weighted by atomic mass is 32.2. The lowest BCUT2D eigenvalue weighted by atomic mass is 10.0. The number of hydrogen-bond acceptors (Lipinski definition) is 6. The highest BCUT2D eigenvalue weighted by molar-refractivity contribution is 7.92. The van der Waals surface area contributed by atoms with Crippen LogP contribution >= 0.6 is 0 Å². The van der Waals surface area contributed by atoms with Gasteiger partial charge in [-0.2, -0.15) is 21.6 Å². The van der Waals surface area contributed by atoms with Crippen molar-refractivity contribution in [3.8, 4) is 17.0 Å². The molecule has 0 aliphatic carbocycles. The van der Waals surface area contributed by atoms with E-state index in [0.717, 1.165) is 12.1 Å². The Kier molecular flexibility index (Phi) is 5.74. The van der Waals surface area contributed by atoms with Crippen molar-refractivity contribution >= 4 is 21.7 Å². The van der Waals surface area contributed by atoms with Crippen molar-refractivity contribution in [2.24, 2.45) is 0 Å². The van der Waals surface area contributed by atoms with Crippen molar-refractivity contribution < 1.29 is 26.3 Å². The second-order valence-electron chi connectivity index (χ2n) is 6.72. The van der Waals surface area contributed by atoms with E-state index in [0.29, 0.717) is 12.4 Å². The van der Waals surface area contributed by atoms with Gasteiger partial charge in [0.05, 0.1) is 11.3 Å². The molecule has 0 fully saturated rings. The number of anilines is 2. The Morgan fingerprint density at radius 2 is 1.72 bits per heavy atom. The normalized spacial score (nSPS) is 16.6. The van der Waals surface area contributed by atoms with E-state index in [1.54, 1.807) is 30.4 Å². The van der Waals surface area contributed by atoms with Crippen LogP contribution in [0.5, 0.6) is 5.75 Å². The summed E-state index contributed by atoms with van der Waals surface area (Å²) < 4.78 is 74.6. The summed E-state index contributed by atoms with van der Waals surface area (Å²) >= 11 is 0. The maximum absolute atomic E-state index is 13.7. The Morgan fingerprint density at radius 3 is 2.53 bits per heavy atom. The van der Waals surface area contributed by atoms with Crippen molar-refractivity contribution in [3.63, 3.8) is 0 Å². The average Bonchev–Trinajstić information content (AvgIpc) is 2.75. The van der Waals surface area contributed by atoms with Crippen molar-refractivity contribution in [2.45, 2.75) is 11.2 Å². The van der Waals surface area contributed by atoms with Crippen LogP contribution in [-0.4, -0.2) is 31.5 Å². The van der Waals surface area contributed by atoms with Gasteiger partial charge in [0.2, 0.25) is 0 Å². The van der Waals surface area contributed by atoms with Crippen molar-refractivity contribution in [1.82, 2.24) is 9.97 Å². The van der Waals surface area contributed by atoms with Crippen molar-refractivity contribution in [2.75, 3.05) is 23.2 Å². The number of rotatable bonds is 0. The molecule has 0 saturated carbocycles. The summed E-state index contributed by atoms with van der Waals surface area (Å²) in [5.74, 6) is 0.217. The largest absolute Gasteiger partial charge is 0.489 e. The molecule has 3 heterocycles. The summed E-state index contributed by atoms with van der Waals surface area (Å²) in [6.45, 7) is 0.452. The number of nitrogens with zero attached hydrogens (tertiary/aromatic N) is 2. The lowest BCUT2D eigenvalue weighted by Crippen LogP contribution is -2.17. The molecule has 4 rings (SSSR count). The molecule has 0 radical (unpaired) electrons. The van der Waals surface area contributed by atoms with Crippen LogP contribution in [0.15, 0.2) is 71.8 Å². The third-order valence-corrected chi connectivity index (χ3v) is 5.74. The zero-order valence-electron chi connectivity index (χ0n) is 16.4. The average molecular weight is 462 g/mol. The van der Waals surface area contributed by atoms with E-state index in [-0.39, 0.29) is 28.8 Å². The zero-order chi connectivity index (χ0) is 22.8. The molecule has 0 atom stereocenters. The van der Waals surface area contributed by atoms with Crippen LogP contribution in [0, 0.1) is 0 Å². The summed E-state index contributed by atoms with van der Waals surface area (Å²) in [5, 5.41) is 2.67. The SMILES string of the molecule is O=S1(=O)Nc2ccc(C(F)(F)F)c(n2)-c2ccccc2OC/C=C/CNc2cccc1n2. The molecule has 0 spiro atoms. The van der Waals surface area contributed by atoms with Crippen LogP contribution in [0.4, 0.5) is 24.8 Å². The second kappa shape index (κ2) is 8.50. The van der Waals surface area contributed by atoms with E-state index >= 15 is 0 Å². The van der Waals surface area contributed by atoms with E-state index in [1.165, 1.54) is 24.3 Å². The lowest BCUT2D eigenvalue weighted by molar-refractivity contribution is -0.137. The minimum absolute atomic E-state index is 0.0830. The quantitative estimate of drug-likeness (QED) is 0.484. The third-order valence-electron chi connectivity index (χ3n) is 4.48. The van der Waals surface area contributed by atoms with Gasteiger partial charge < -0.3 is 10.1 Å². The number of fused-ring (bicyclic) bond motifs is 6. The molecule has 32 heavy (non-hydrogen) atoms. The summed E-state index contributed by atoms with van der Waals surface area (Å²) in [7, 11) is -4.20. The summed E-state index contributed by atoms with van der Waals surface area (Å²) in [4.78, 5) is 8.05. The number of benzene rings is 1. The molecule has 2 N–H and O–H groups in total. The van der Waals surface area contributed by atoms with Gasteiger partial charge in [0.25, 0.3) is 10.0 Å². The second-order valence-corrected chi connectivity index (χ2v) is 8.35. The Hall–Kier alpha value is -3.60. The molecule has 7 nitrogen and oxygen atoms in total. The minimum Gasteiger partial charge on any atom is -0.489 e. The van der Waals surface area contributed by atoms with Gasteiger partial charge in [0.15, 0.2) is 5.03 Å². The smallest absolute Gasteiger partial charge is 0.418 e. The Morgan fingerprint density at radius 1 is 0.906 bits per heavy atom. The van der Waals surface area contributed by atoms with Crippen LogP contribution < -0.4 is 14.8 Å². The Bertz CT molecular complexity index is 1280. The van der Waals surface area contributed by atoms with Crippen LogP contribution in [0.2, 0.25) is 0 Å². The first-order chi connectivity index (χ1) is 15.2. The molecule has 0 unspecified atom stereocenters. The monoisotopic (exact) mass is 462 g/mol. The van der Waals surface area contributed by atoms with Gasteiger partial charge in [-0.1, -0.05) is 24.3 Å². The number of hydrogen-bond donors (Lipinski definition) is 2. The topological polar surface area (TPSA) is 93.2 Å². The molecule has 166 valence electrons. The van der Waals surface area contributed by atoms with Gasteiger partial charge in [0.1, 0.15) is 24.0 Å². The molecule has 2 aromatic heterocycles. The van der Waals surface area contributed by atoms with Crippen LogP contribution in [0.25, 0.3) is 11.3 Å². The minimum atomic E-state index is -4.71. The molecule has 0 amide bonds. The van der Waals surface area contributed by atoms with E-state index in [2.05, 4.69) is 20.0 Å². The number of aromatic nitrogens is 2. The van der Waals surface area contributed by atoms with Crippen LogP contribution in [0.3, 0.4) is 0 Å². The summed E-state index contributed by atoms with van der Waals surface area (Å²) in [6, 6.07) is 12.3. The molecule has 0 saturated heterocycles. The number of halogens is 3. The lowest BCUT2D eigenvalue weighted by Gasteiger charge is -2.17. The maximum atomic E-state index is 13.7. The third kappa shape index (κ3) is 4.67. The van der Waals surface area contributed by atoms with Gasteiger partial charge in [-0.25, -0.2) is 9.97 Å². The van der Waals surface area contributed by atoms with Gasteiger partial charge >= 0.3 is 6.18 Å². The Labute approximate surface area is 182 Å². The molecular formula is C21H17F3N4O3S. The highest BCUT2D eigenvalue weighted by Crippen LogP contribution is 2.40. The van der Waals surface area contributed by atoms with Gasteiger partial charge in [-0.15, -0.1) is 0 Å². The fraction of sp³-hybridized carbons (Fsp3) is 0.143. The number of pyridine rings is 2. The van der Waals surface area contributed by atoms with Crippen LogP contribution in [0.1, 0.15) is 5.56 Å². The fourth-order valence-electron chi connectivity index (χ4n) is 3.04. The first kappa shape index (κ1) is 21.6. The number of alkyl halides is 3. The van der Waals surface area contributed by atoms with Crippen molar-refractivity contribution in [3.05, 3.63) is 72.3 Å². The Balaban J connectivity index is 1.89. The number of ether oxygens (including phenoxy) is 1.